The van der Waals surface area contributed by atoms with E-state index >= 15 is 0 Å². The number of hydrogen-bond acceptors (Lipinski definition) is 5. The molecule has 0 unspecified atom stereocenters. The van der Waals surface area contributed by atoms with Crippen LogP contribution in [0.15, 0.2) is 79.1 Å². The molecule has 1 aliphatic carbocycles. The van der Waals surface area contributed by atoms with Gasteiger partial charge in [0.05, 0.1) is 5.69 Å². The van der Waals surface area contributed by atoms with Crippen molar-refractivity contribution in [2.75, 3.05) is 17.6 Å². The van der Waals surface area contributed by atoms with Gasteiger partial charge in [-0.15, -0.1) is 0 Å². The molecule has 2 aromatic carbocycles. The van der Waals surface area contributed by atoms with Crippen molar-refractivity contribution in [3.05, 3.63) is 90.4 Å². The number of rotatable bonds is 12. The van der Waals surface area contributed by atoms with Gasteiger partial charge in [-0.05, 0) is 74.1 Å². The van der Waals surface area contributed by atoms with E-state index in [-0.39, 0.29) is 17.7 Å². The molecule has 0 aliphatic heterocycles. The zero-order chi connectivity index (χ0) is 27.0. The minimum absolute atomic E-state index is 0.213. The van der Waals surface area contributed by atoms with Gasteiger partial charge in [-0.1, -0.05) is 43.2 Å². The number of unbranched alkanes of at least 4 members (excludes halogenated alkanes) is 3. The number of carbonyl (C=O) groups excluding carboxylic acids is 2. The van der Waals surface area contributed by atoms with Crippen LogP contribution in [-0.2, 0) is 11.2 Å². The number of hydrogen-bond donors (Lipinski definition) is 3. The monoisotopic (exact) mass is 522 g/mol. The van der Waals surface area contributed by atoms with Crippen molar-refractivity contribution in [1.82, 2.24) is 19.9 Å². The van der Waals surface area contributed by atoms with E-state index in [1.807, 2.05) is 65.4 Å². The van der Waals surface area contributed by atoms with Crippen LogP contribution in [0.4, 0.5) is 11.8 Å². The van der Waals surface area contributed by atoms with Gasteiger partial charge in [-0.3, -0.25) is 19.5 Å². The molecule has 0 spiro atoms. The van der Waals surface area contributed by atoms with Crippen LogP contribution in [-0.4, -0.2) is 32.9 Å². The SMILES string of the molecule is Nc1ccc(-c2cccc(C(=O)Nc3nc(CCCCCCNC(=O)C4CC4)cn3-c3ccccc3)c2)cn1. The number of amides is 2. The van der Waals surface area contributed by atoms with Crippen LogP contribution in [0.2, 0.25) is 0 Å². The molecule has 0 saturated heterocycles. The first-order valence-electron chi connectivity index (χ1n) is 13.6. The second-order valence-corrected chi connectivity index (χ2v) is 10.00. The molecule has 5 rings (SSSR count). The van der Waals surface area contributed by atoms with Crippen molar-refractivity contribution in [1.29, 1.82) is 0 Å². The van der Waals surface area contributed by atoms with Crippen molar-refractivity contribution < 1.29 is 9.59 Å². The summed E-state index contributed by atoms with van der Waals surface area (Å²) in [5.74, 6) is 1.19. The number of imidazole rings is 1. The fourth-order valence-electron chi connectivity index (χ4n) is 4.50. The van der Waals surface area contributed by atoms with Gasteiger partial charge in [0.15, 0.2) is 0 Å². The standard InChI is InChI=1S/C31H34N6O2/c32-28-17-16-25(20-34-28)23-9-8-10-24(19-23)30(39)36-31-35-26(21-37(31)27-12-5-3-6-13-27)11-4-1-2-7-18-33-29(38)22-14-15-22/h3,5-6,8-10,12-13,16-17,19-22H,1-2,4,7,11,14-15,18H2,(H2,32,34)(H,33,38)(H,35,36,39). The van der Waals surface area contributed by atoms with E-state index in [2.05, 4.69) is 15.6 Å². The number of nitrogens with two attached hydrogens (primary N) is 1. The summed E-state index contributed by atoms with van der Waals surface area (Å²) in [6.45, 7) is 0.754. The normalized spacial score (nSPS) is 12.7. The third-order valence-corrected chi connectivity index (χ3v) is 6.87. The summed E-state index contributed by atoms with van der Waals surface area (Å²) in [7, 11) is 0. The Hall–Kier alpha value is -4.46. The fraction of sp³-hybridized carbons (Fsp3) is 0.290. The van der Waals surface area contributed by atoms with Crippen molar-refractivity contribution in [2.24, 2.45) is 5.92 Å². The number of nitrogens with one attached hydrogen (secondary N) is 2. The van der Waals surface area contributed by atoms with Crippen LogP contribution in [0.5, 0.6) is 0 Å². The van der Waals surface area contributed by atoms with Crippen molar-refractivity contribution in [2.45, 2.75) is 44.9 Å². The van der Waals surface area contributed by atoms with Gasteiger partial charge in [0.1, 0.15) is 5.82 Å². The zero-order valence-electron chi connectivity index (χ0n) is 22.0. The van der Waals surface area contributed by atoms with E-state index in [0.29, 0.717) is 17.3 Å². The van der Waals surface area contributed by atoms with Gasteiger partial charge >= 0.3 is 0 Å². The first-order chi connectivity index (χ1) is 19.1. The maximum atomic E-state index is 13.3. The first-order valence-corrected chi connectivity index (χ1v) is 13.6. The molecule has 0 atom stereocenters. The number of anilines is 2. The minimum Gasteiger partial charge on any atom is -0.384 e. The molecular weight excluding hydrogens is 488 g/mol. The second kappa shape index (κ2) is 12.4. The Bertz CT molecular complexity index is 1410. The summed E-state index contributed by atoms with van der Waals surface area (Å²) in [5, 5.41) is 6.04. The highest BCUT2D eigenvalue weighted by Gasteiger charge is 2.28. The lowest BCUT2D eigenvalue weighted by Crippen LogP contribution is -2.25. The Morgan fingerprint density at radius 3 is 2.51 bits per heavy atom. The molecule has 2 aromatic heterocycles. The zero-order valence-corrected chi connectivity index (χ0v) is 22.0. The molecule has 0 bridgehead atoms. The van der Waals surface area contributed by atoms with Crippen LogP contribution >= 0.6 is 0 Å². The quantitative estimate of drug-likeness (QED) is 0.216. The Morgan fingerprint density at radius 1 is 0.923 bits per heavy atom. The van der Waals surface area contributed by atoms with Gasteiger partial charge in [0.2, 0.25) is 11.9 Å². The molecule has 4 aromatic rings. The summed E-state index contributed by atoms with van der Waals surface area (Å²) in [6, 6.07) is 20.9. The van der Waals surface area contributed by atoms with E-state index in [4.69, 9.17) is 10.7 Å². The van der Waals surface area contributed by atoms with Gasteiger partial charge in [-0.2, -0.15) is 0 Å². The Morgan fingerprint density at radius 2 is 1.74 bits per heavy atom. The smallest absolute Gasteiger partial charge is 0.258 e. The second-order valence-electron chi connectivity index (χ2n) is 10.00. The topological polar surface area (TPSA) is 115 Å². The Labute approximate surface area is 228 Å². The number of pyridine rings is 1. The van der Waals surface area contributed by atoms with Gasteiger partial charge < -0.3 is 11.1 Å². The van der Waals surface area contributed by atoms with Crippen LogP contribution in [0.25, 0.3) is 16.8 Å². The predicted molar refractivity (Wildman–Crippen MR) is 154 cm³/mol. The molecule has 1 fully saturated rings. The third-order valence-electron chi connectivity index (χ3n) is 6.87. The number of benzene rings is 2. The van der Waals surface area contributed by atoms with E-state index < -0.39 is 0 Å². The van der Waals surface area contributed by atoms with Gasteiger partial charge in [0.25, 0.3) is 5.91 Å². The number of aromatic nitrogens is 3. The molecule has 0 radical (unpaired) electrons. The number of nitrogen functional groups attached to an aromatic ring is 1. The molecule has 8 nitrogen and oxygen atoms in total. The lowest BCUT2D eigenvalue weighted by atomic mass is 10.0. The van der Waals surface area contributed by atoms with E-state index in [1.54, 1.807) is 18.3 Å². The average molecular weight is 523 g/mol. The Balaban J connectivity index is 1.22. The summed E-state index contributed by atoms with van der Waals surface area (Å²) in [6.07, 6.45) is 10.7. The van der Waals surface area contributed by atoms with Crippen LogP contribution in [0, 0.1) is 5.92 Å². The van der Waals surface area contributed by atoms with Crippen molar-refractivity contribution in [3.8, 4) is 16.8 Å². The molecule has 2 amide bonds. The summed E-state index contributed by atoms with van der Waals surface area (Å²) >= 11 is 0. The molecular formula is C31H34N6O2. The number of aryl methyl sites for hydroxylation is 1. The molecule has 4 N–H and O–H groups in total. The molecule has 1 saturated carbocycles. The fourth-order valence-corrected chi connectivity index (χ4v) is 4.50. The lowest BCUT2D eigenvalue weighted by molar-refractivity contribution is -0.122. The first kappa shape index (κ1) is 26.2. The summed E-state index contributed by atoms with van der Waals surface area (Å²) in [5.41, 5.74) is 9.87. The van der Waals surface area contributed by atoms with Gasteiger partial charge in [-0.25, -0.2) is 9.97 Å². The number of para-hydroxylation sites is 1. The maximum absolute atomic E-state index is 13.3. The average Bonchev–Trinajstić information content (AvgIpc) is 3.74. The number of carbonyl (C=O) groups is 2. The molecule has 1 aliphatic rings. The highest BCUT2D eigenvalue weighted by atomic mass is 16.2. The number of nitrogens with zero attached hydrogens (tertiary/aromatic N) is 3. The highest BCUT2D eigenvalue weighted by Crippen LogP contribution is 2.28. The van der Waals surface area contributed by atoms with Gasteiger partial charge in [0, 0.05) is 41.7 Å². The maximum Gasteiger partial charge on any atom is 0.258 e. The van der Waals surface area contributed by atoms with Crippen LogP contribution in [0.1, 0.15) is 54.6 Å². The molecule has 2 heterocycles. The molecule has 39 heavy (non-hydrogen) atoms. The highest BCUT2D eigenvalue weighted by molar-refractivity contribution is 6.04. The molecule has 200 valence electrons. The van der Waals surface area contributed by atoms with Crippen LogP contribution < -0.4 is 16.4 Å². The van der Waals surface area contributed by atoms with E-state index in [9.17, 15) is 9.59 Å². The largest absolute Gasteiger partial charge is 0.384 e. The Kier molecular flexibility index (Phi) is 8.31. The van der Waals surface area contributed by atoms with Crippen molar-refractivity contribution in [3.63, 3.8) is 0 Å². The third kappa shape index (κ3) is 7.10. The van der Waals surface area contributed by atoms with Crippen molar-refractivity contribution >= 4 is 23.6 Å². The molecule has 8 heteroatoms. The summed E-state index contributed by atoms with van der Waals surface area (Å²) in [4.78, 5) is 33.9. The lowest BCUT2D eigenvalue weighted by Gasteiger charge is -2.10. The van der Waals surface area contributed by atoms with E-state index in [0.717, 1.165) is 74.0 Å². The predicted octanol–water partition coefficient (Wildman–Crippen LogP) is 5.40. The van der Waals surface area contributed by atoms with Crippen LogP contribution in [0.3, 0.4) is 0 Å². The minimum atomic E-state index is -0.233. The summed E-state index contributed by atoms with van der Waals surface area (Å²) < 4.78 is 1.92. The van der Waals surface area contributed by atoms with E-state index in [1.165, 1.54) is 0 Å².